The van der Waals surface area contributed by atoms with Crippen LogP contribution in [0.3, 0.4) is 0 Å². The molecule has 0 aromatic carbocycles. The third-order valence-corrected chi connectivity index (χ3v) is 3.80. The summed E-state index contributed by atoms with van der Waals surface area (Å²) in [5.41, 5.74) is -0.570. The van der Waals surface area contributed by atoms with Crippen LogP contribution in [0.4, 0.5) is 0 Å². The van der Waals surface area contributed by atoms with Gasteiger partial charge in [-0.25, -0.2) is 0 Å². The van der Waals surface area contributed by atoms with Gasteiger partial charge in [-0.3, -0.25) is 4.79 Å². The first-order valence-electron chi connectivity index (χ1n) is 6.86. The summed E-state index contributed by atoms with van der Waals surface area (Å²) in [5, 5.41) is 0. The molecule has 1 aliphatic carbocycles. The molecule has 100 valence electrons. The molecule has 1 aromatic heterocycles. The third kappa shape index (κ3) is 2.83. The van der Waals surface area contributed by atoms with E-state index in [2.05, 4.69) is 6.92 Å². The molecule has 0 bridgehead atoms. The summed E-state index contributed by atoms with van der Waals surface area (Å²) in [5.74, 6) is 1.47. The zero-order chi connectivity index (χ0) is 13.0. The lowest BCUT2D eigenvalue weighted by Gasteiger charge is -2.38. The molecule has 2 unspecified atom stereocenters. The number of ether oxygens (including phenoxy) is 1. The van der Waals surface area contributed by atoms with Crippen LogP contribution in [-0.4, -0.2) is 18.0 Å². The molecular weight excluding hydrogens is 228 g/mol. The summed E-state index contributed by atoms with van der Waals surface area (Å²) < 4.78 is 11.1. The average Bonchev–Trinajstić information content (AvgIpc) is 2.82. The minimum atomic E-state index is -0.570. The zero-order valence-corrected chi connectivity index (χ0v) is 11.3. The second-order valence-corrected chi connectivity index (χ2v) is 5.31. The molecule has 3 nitrogen and oxygen atoms in total. The van der Waals surface area contributed by atoms with Gasteiger partial charge in [-0.15, -0.1) is 0 Å². The minimum absolute atomic E-state index is 0.172. The SMILES string of the molecule is CCOC1(C(=O)Cc2ccco2)CCCC(C)C1. The summed E-state index contributed by atoms with van der Waals surface area (Å²) in [6, 6.07) is 3.67. The van der Waals surface area contributed by atoms with Crippen molar-refractivity contribution in [1.29, 1.82) is 0 Å². The number of carbonyl (C=O) groups is 1. The van der Waals surface area contributed by atoms with Gasteiger partial charge in [-0.2, -0.15) is 0 Å². The molecule has 3 heteroatoms. The standard InChI is InChI=1S/C15H22O3/c1-3-18-15(8-4-6-12(2)11-15)14(16)10-13-7-5-9-17-13/h5,7,9,12H,3-4,6,8,10-11H2,1-2H3. The Bertz CT molecular complexity index is 378. The minimum Gasteiger partial charge on any atom is -0.469 e. The fraction of sp³-hybridized carbons (Fsp3) is 0.667. The molecule has 0 aliphatic heterocycles. The van der Waals surface area contributed by atoms with Gasteiger partial charge in [0.05, 0.1) is 12.7 Å². The van der Waals surface area contributed by atoms with Crippen molar-refractivity contribution in [2.24, 2.45) is 5.92 Å². The van der Waals surface area contributed by atoms with E-state index in [0.29, 0.717) is 18.9 Å². The van der Waals surface area contributed by atoms with E-state index in [-0.39, 0.29) is 5.78 Å². The Morgan fingerprint density at radius 3 is 3.06 bits per heavy atom. The highest BCUT2D eigenvalue weighted by molar-refractivity contribution is 5.89. The second kappa shape index (κ2) is 5.70. The number of rotatable bonds is 5. The van der Waals surface area contributed by atoms with E-state index in [1.165, 1.54) is 6.42 Å². The molecule has 0 N–H and O–H groups in total. The van der Waals surface area contributed by atoms with Crippen molar-refractivity contribution in [3.8, 4) is 0 Å². The molecule has 0 radical (unpaired) electrons. The monoisotopic (exact) mass is 250 g/mol. The van der Waals surface area contributed by atoms with Crippen molar-refractivity contribution >= 4 is 5.78 Å². The molecule has 1 saturated carbocycles. The van der Waals surface area contributed by atoms with E-state index in [0.717, 1.165) is 25.0 Å². The Hall–Kier alpha value is -1.09. The smallest absolute Gasteiger partial charge is 0.172 e. The van der Waals surface area contributed by atoms with E-state index in [9.17, 15) is 4.79 Å². The largest absolute Gasteiger partial charge is 0.469 e. The van der Waals surface area contributed by atoms with Crippen molar-refractivity contribution in [2.75, 3.05) is 6.61 Å². The normalized spacial score (nSPS) is 28.2. The van der Waals surface area contributed by atoms with Crippen molar-refractivity contribution in [1.82, 2.24) is 0 Å². The summed E-state index contributed by atoms with van der Waals surface area (Å²) in [6.07, 6.45) is 5.93. The van der Waals surface area contributed by atoms with Crippen LogP contribution in [0.1, 0.15) is 45.3 Å². The summed E-state index contributed by atoms with van der Waals surface area (Å²) >= 11 is 0. The summed E-state index contributed by atoms with van der Waals surface area (Å²) in [4.78, 5) is 12.5. The first-order valence-corrected chi connectivity index (χ1v) is 6.86. The molecule has 2 rings (SSSR count). The van der Waals surface area contributed by atoms with Gasteiger partial charge in [0, 0.05) is 6.61 Å². The number of carbonyl (C=O) groups excluding carboxylic acids is 1. The Kier molecular flexibility index (Phi) is 4.23. The van der Waals surface area contributed by atoms with Gasteiger partial charge in [0.15, 0.2) is 5.78 Å². The van der Waals surface area contributed by atoms with E-state index in [4.69, 9.17) is 9.15 Å². The van der Waals surface area contributed by atoms with Crippen molar-refractivity contribution in [3.05, 3.63) is 24.2 Å². The highest BCUT2D eigenvalue weighted by Crippen LogP contribution is 2.36. The number of Topliss-reactive ketones (excluding diaryl/α,β-unsaturated/α-hetero) is 1. The summed E-state index contributed by atoms with van der Waals surface area (Å²) in [7, 11) is 0. The molecule has 0 spiro atoms. The zero-order valence-electron chi connectivity index (χ0n) is 11.3. The highest BCUT2D eigenvalue weighted by Gasteiger charge is 2.42. The molecule has 1 aromatic rings. The molecule has 0 amide bonds. The Balaban J connectivity index is 2.10. The van der Waals surface area contributed by atoms with Crippen LogP contribution in [0.15, 0.2) is 22.8 Å². The van der Waals surface area contributed by atoms with Gasteiger partial charge >= 0.3 is 0 Å². The van der Waals surface area contributed by atoms with E-state index < -0.39 is 5.60 Å². The predicted octanol–water partition coefficient (Wildman–Crippen LogP) is 3.38. The van der Waals surface area contributed by atoms with Gasteiger partial charge in [0.2, 0.25) is 0 Å². The maximum Gasteiger partial charge on any atom is 0.172 e. The quantitative estimate of drug-likeness (QED) is 0.804. The topological polar surface area (TPSA) is 39.4 Å². The fourth-order valence-corrected chi connectivity index (χ4v) is 2.98. The van der Waals surface area contributed by atoms with Crippen molar-refractivity contribution < 1.29 is 13.9 Å². The maximum atomic E-state index is 12.5. The number of furan rings is 1. The molecule has 2 atom stereocenters. The Morgan fingerprint density at radius 2 is 2.44 bits per heavy atom. The number of hydrogen-bond donors (Lipinski definition) is 0. The van der Waals surface area contributed by atoms with E-state index >= 15 is 0 Å². The van der Waals surface area contributed by atoms with Crippen molar-refractivity contribution in [3.63, 3.8) is 0 Å². The van der Waals surface area contributed by atoms with Gasteiger partial charge in [0.1, 0.15) is 11.4 Å². The number of hydrogen-bond acceptors (Lipinski definition) is 3. The Labute approximate surface area is 109 Å². The van der Waals surface area contributed by atoms with Gasteiger partial charge in [0.25, 0.3) is 0 Å². The van der Waals surface area contributed by atoms with Crippen LogP contribution in [0.25, 0.3) is 0 Å². The molecule has 1 aliphatic rings. The molecule has 0 saturated heterocycles. The van der Waals surface area contributed by atoms with E-state index in [1.807, 2.05) is 19.1 Å². The van der Waals surface area contributed by atoms with Crippen LogP contribution in [-0.2, 0) is 16.0 Å². The lowest BCUT2D eigenvalue weighted by Crippen LogP contribution is -2.46. The number of ketones is 1. The lowest BCUT2D eigenvalue weighted by molar-refractivity contribution is -0.150. The fourth-order valence-electron chi connectivity index (χ4n) is 2.98. The second-order valence-electron chi connectivity index (χ2n) is 5.31. The third-order valence-electron chi connectivity index (χ3n) is 3.80. The van der Waals surface area contributed by atoms with Crippen LogP contribution < -0.4 is 0 Å². The van der Waals surface area contributed by atoms with Crippen LogP contribution in [0.5, 0.6) is 0 Å². The Morgan fingerprint density at radius 1 is 1.61 bits per heavy atom. The maximum absolute atomic E-state index is 12.5. The first kappa shape index (κ1) is 13.3. The van der Waals surface area contributed by atoms with Gasteiger partial charge in [-0.05, 0) is 44.2 Å². The van der Waals surface area contributed by atoms with Gasteiger partial charge in [-0.1, -0.05) is 13.3 Å². The first-order chi connectivity index (χ1) is 8.66. The predicted molar refractivity (Wildman–Crippen MR) is 69.4 cm³/mol. The summed E-state index contributed by atoms with van der Waals surface area (Å²) in [6.45, 7) is 4.75. The molecule has 18 heavy (non-hydrogen) atoms. The molecule has 1 fully saturated rings. The lowest BCUT2D eigenvalue weighted by atomic mass is 9.75. The molecular formula is C15H22O3. The van der Waals surface area contributed by atoms with Crippen LogP contribution in [0.2, 0.25) is 0 Å². The van der Waals surface area contributed by atoms with E-state index in [1.54, 1.807) is 6.26 Å². The van der Waals surface area contributed by atoms with Crippen LogP contribution >= 0.6 is 0 Å². The van der Waals surface area contributed by atoms with Crippen LogP contribution in [0, 0.1) is 5.92 Å². The average molecular weight is 250 g/mol. The van der Waals surface area contributed by atoms with Gasteiger partial charge < -0.3 is 9.15 Å². The van der Waals surface area contributed by atoms with Crippen molar-refractivity contribution in [2.45, 2.75) is 51.6 Å². The molecule has 1 heterocycles. The highest BCUT2D eigenvalue weighted by atomic mass is 16.5.